The van der Waals surface area contributed by atoms with E-state index in [-0.39, 0.29) is 0 Å². The Morgan fingerprint density at radius 3 is 2.38 bits per heavy atom. The molecule has 0 aliphatic rings. The summed E-state index contributed by atoms with van der Waals surface area (Å²) in [6.07, 6.45) is 0.848. The second kappa shape index (κ2) is 2.46. The average molecular weight is 138 g/mol. The highest BCUT2D eigenvalue weighted by Gasteiger charge is 2.05. The Kier molecular flexibility index (Phi) is 2.20. The van der Waals surface area contributed by atoms with Crippen LogP contribution >= 0.6 is 0 Å². The zero-order valence-electron chi connectivity index (χ0n) is 3.53. The number of nitrogens with one attached hydrogen (secondary N) is 1. The van der Waals surface area contributed by atoms with Gasteiger partial charge in [-0.2, -0.15) is 8.42 Å². The van der Waals surface area contributed by atoms with Crippen LogP contribution in [-0.4, -0.2) is 13.6 Å². The number of nitrogens with zero attached hydrogens (tertiary/aromatic N) is 1. The first-order valence-corrected chi connectivity index (χ1v) is 2.76. The second-order valence-corrected chi connectivity index (χ2v) is 1.98. The molecule has 46 valence electrons. The molecule has 0 unspecified atom stereocenters. The van der Waals surface area contributed by atoms with Gasteiger partial charge in [-0.3, -0.25) is 9.39 Å². The van der Waals surface area contributed by atoms with Gasteiger partial charge >= 0.3 is 16.6 Å². The van der Waals surface area contributed by atoms with Crippen LogP contribution in [0.15, 0.2) is 0 Å². The number of nitriles is 1. The van der Waals surface area contributed by atoms with E-state index < -0.39 is 10.3 Å². The Hall–Kier alpha value is -0.840. The first-order valence-electron chi connectivity index (χ1n) is 1.36. The molecule has 0 aromatic rings. The molecule has 0 saturated heterocycles. The highest BCUT2D eigenvalue weighted by molar-refractivity contribution is 7.84. The van der Waals surface area contributed by atoms with Gasteiger partial charge in [0.15, 0.2) is 0 Å². The first-order chi connectivity index (χ1) is 3.62. The van der Waals surface area contributed by atoms with E-state index in [1.54, 1.807) is 0 Å². The molecule has 0 heterocycles. The molecule has 0 aromatic heterocycles. The maximum atomic E-state index is 9.79. The van der Waals surface area contributed by atoms with E-state index in [2.05, 4.69) is 4.18 Å². The minimum Gasteiger partial charge on any atom is -0.300 e. The summed E-state index contributed by atoms with van der Waals surface area (Å²) in [5.41, 5.74) is 0. The van der Waals surface area contributed by atoms with E-state index in [1.807, 2.05) is 0 Å². The average Bonchev–Trinajstić information content (AvgIpc) is 1.67. The van der Waals surface area contributed by atoms with Gasteiger partial charge in [-0.1, -0.05) is 4.89 Å². The Balaban J connectivity index is 4.01. The van der Waals surface area contributed by atoms with Gasteiger partial charge in [-0.25, -0.2) is 0 Å². The molecule has 7 heteroatoms. The topological polar surface area (TPSA) is 99.4 Å². The van der Waals surface area contributed by atoms with Crippen molar-refractivity contribution >= 4 is 10.3 Å². The predicted octanol–water partition coefficient (Wildman–Crippen LogP) is -1.29. The Morgan fingerprint density at radius 2 is 2.25 bits per heavy atom. The molecule has 0 radical (unpaired) electrons. The Morgan fingerprint density at radius 1 is 1.75 bits per heavy atom. The lowest BCUT2D eigenvalue weighted by molar-refractivity contribution is 0.225. The zero-order valence-corrected chi connectivity index (χ0v) is 4.34. The molecule has 8 heavy (non-hydrogen) atoms. The van der Waals surface area contributed by atoms with E-state index >= 15 is 0 Å². The van der Waals surface area contributed by atoms with Crippen molar-refractivity contribution < 1.29 is 17.8 Å². The summed E-state index contributed by atoms with van der Waals surface area (Å²) in [6.45, 7) is 0. The fourth-order valence-corrected chi connectivity index (χ4v) is 0.203. The van der Waals surface area contributed by atoms with Crippen LogP contribution in [0.2, 0.25) is 0 Å². The zero-order chi connectivity index (χ0) is 6.62. The minimum absolute atomic E-state index is 0.770. The number of hydrogen-bond donors (Lipinski definition) is 2. The molecule has 0 aliphatic carbocycles. The molecule has 0 rings (SSSR count). The lowest BCUT2D eigenvalue weighted by Crippen LogP contribution is -2.19. The largest absolute Gasteiger partial charge is 0.414 e. The third-order valence-electron chi connectivity index (χ3n) is 0.259. The summed E-state index contributed by atoms with van der Waals surface area (Å²) in [5, 5.41) is 15.1. The summed E-state index contributed by atoms with van der Waals surface area (Å²) < 4.78 is 22.9. The molecular formula is CH2N2O4S. The van der Waals surface area contributed by atoms with Crippen LogP contribution < -0.4 is 4.89 Å². The fraction of sp³-hybridized carbons (Fsp3) is 0. The van der Waals surface area contributed by atoms with E-state index in [9.17, 15) is 8.42 Å². The Bertz CT molecular complexity index is 187. The van der Waals surface area contributed by atoms with E-state index in [1.165, 1.54) is 0 Å². The maximum Gasteiger partial charge on any atom is 0.414 e. The van der Waals surface area contributed by atoms with Gasteiger partial charge in [-0.05, 0) is 0 Å². The smallest absolute Gasteiger partial charge is 0.300 e. The van der Waals surface area contributed by atoms with E-state index in [0.717, 1.165) is 11.1 Å². The second-order valence-electron chi connectivity index (χ2n) is 0.720. The minimum atomic E-state index is -4.23. The van der Waals surface area contributed by atoms with Gasteiger partial charge < -0.3 is 0 Å². The van der Waals surface area contributed by atoms with Crippen molar-refractivity contribution in [1.82, 2.24) is 4.89 Å². The van der Waals surface area contributed by atoms with Gasteiger partial charge in [0.2, 0.25) is 0 Å². The lowest BCUT2D eigenvalue weighted by Gasteiger charge is -1.89. The van der Waals surface area contributed by atoms with Crippen molar-refractivity contribution in [1.29, 1.82) is 5.26 Å². The van der Waals surface area contributed by atoms with Gasteiger partial charge in [0, 0.05) is 0 Å². The predicted molar refractivity (Wildman–Crippen MR) is 20.5 cm³/mol. The van der Waals surface area contributed by atoms with Crippen LogP contribution in [0.5, 0.6) is 0 Å². The van der Waals surface area contributed by atoms with Crippen LogP contribution in [0.4, 0.5) is 0 Å². The van der Waals surface area contributed by atoms with Crippen molar-refractivity contribution in [2.24, 2.45) is 0 Å². The van der Waals surface area contributed by atoms with E-state index in [0.29, 0.717) is 0 Å². The maximum absolute atomic E-state index is 9.79. The third-order valence-corrected chi connectivity index (χ3v) is 0.776. The van der Waals surface area contributed by atoms with Crippen LogP contribution in [0.3, 0.4) is 0 Å². The van der Waals surface area contributed by atoms with Gasteiger partial charge in [0.05, 0.1) is 0 Å². The van der Waals surface area contributed by atoms with Crippen LogP contribution in [0.1, 0.15) is 0 Å². The van der Waals surface area contributed by atoms with Gasteiger partial charge in [0.25, 0.3) is 0 Å². The van der Waals surface area contributed by atoms with Gasteiger partial charge in [-0.15, -0.1) is 5.26 Å². The standard InChI is InChI=1S/CH2N2O4S/c2-1-7-8(5,6)3-4/h3-4H. The quantitative estimate of drug-likeness (QED) is 0.365. The number of hydrogen-bond acceptors (Lipinski definition) is 5. The van der Waals surface area contributed by atoms with Crippen molar-refractivity contribution in [2.45, 2.75) is 0 Å². The van der Waals surface area contributed by atoms with Crippen molar-refractivity contribution in [3.63, 3.8) is 0 Å². The number of rotatable bonds is 2. The van der Waals surface area contributed by atoms with E-state index in [4.69, 9.17) is 10.5 Å². The Labute approximate surface area is 45.5 Å². The molecule has 0 atom stereocenters. The highest BCUT2D eigenvalue weighted by Crippen LogP contribution is 1.79. The highest BCUT2D eigenvalue weighted by atomic mass is 32.2. The summed E-state index contributed by atoms with van der Waals surface area (Å²) in [4.78, 5) is 0.770. The molecule has 6 nitrogen and oxygen atoms in total. The molecule has 0 aromatic carbocycles. The summed E-state index contributed by atoms with van der Waals surface area (Å²) in [5.74, 6) is 0. The first kappa shape index (κ1) is 7.16. The molecule has 0 aliphatic heterocycles. The summed E-state index contributed by atoms with van der Waals surface area (Å²) in [7, 11) is -4.23. The summed E-state index contributed by atoms with van der Waals surface area (Å²) in [6, 6.07) is 0. The molecule has 2 N–H and O–H groups in total. The third kappa shape index (κ3) is 2.35. The van der Waals surface area contributed by atoms with Crippen molar-refractivity contribution in [2.75, 3.05) is 0 Å². The summed E-state index contributed by atoms with van der Waals surface area (Å²) >= 11 is 0. The van der Waals surface area contributed by atoms with Crippen LogP contribution in [0.25, 0.3) is 0 Å². The monoisotopic (exact) mass is 138 g/mol. The van der Waals surface area contributed by atoms with Gasteiger partial charge in [0.1, 0.15) is 0 Å². The molecule has 0 fully saturated rings. The van der Waals surface area contributed by atoms with Crippen molar-refractivity contribution in [3.8, 4) is 6.26 Å². The molecule has 0 amide bonds. The van der Waals surface area contributed by atoms with Crippen LogP contribution in [-0.2, 0) is 14.5 Å². The SMILES string of the molecule is N#COS(=O)(=O)NO. The van der Waals surface area contributed by atoms with Crippen molar-refractivity contribution in [3.05, 3.63) is 0 Å². The molecule has 0 bridgehead atoms. The fourth-order valence-electron chi connectivity index (χ4n) is 0.0677. The lowest BCUT2D eigenvalue weighted by atomic mass is 11.6. The molecule has 0 spiro atoms. The van der Waals surface area contributed by atoms with Crippen LogP contribution in [0, 0.1) is 11.5 Å². The molecular weight excluding hydrogens is 136 g/mol. The normalized spacial score (nSPS) is 10.0. The molecule has 0 saturated carbocycles.